The van der Waals surface area contributed by atoms with Gasteiger partial charge >= 0.3 is 0 Å². The molecule has 0 unspecified atom stereocenters. The molecule has 238 valence electrons. The predicted octanol–water partition coefficient (Wildman–Crippen LogP) is 7.69. The first-order valence-electron chi connectivity index (χ1n) is 15.8. The summed E-state index contributed by atoms with van der Waals surface area (Å²) < 4.78 is 32.2. The highest BCUT2D eigenvalue weighted by atomic mass is 32.2. The molecule has 0 radical (unpaired) electrons. The minimum Gasteiger partial charge on any atom is -0.493 e. The number of rotatable bonds is 19. The molecule has 0 aliphatic carbocycles. The van der Waals surface area contributed by atoms with Crippen molar-refractivity contribution >= 4 is 22.7 Å². The first-order chi connectivity index (χ1) is 22.0. The summed E-state index contributed by atoms with van der Waals surface area (Å²) in [5.41, 5.74) is 4.72. The molecule has 0 saturated heterocycles. The number of imidazole rings is 1. The molecule has 4 rings (SSSR count). The number of unbranched alkanes of at least 4 members (excludes halogenated alkanes) is 1. The number of carbonyl (C=O) groups is 1. The van der Waals surface area contributed by atoms with Crippen LogP contribution in [0.2, 0.25) is 0 Å². The van der Waals surface area contributed by atoms with E-state index in [9.17, 15) is 9.00 Å². The topological polar surface area (TPSA) is 79.7 Å². The molecule has 0 amide bonds. The lowest BCUT2D eigenvalue weighted by atomic mass is 10.0. The van der Waals surface area contributed by atoms with Crippen LogP contribution in [0.25, 0.3) is 17.2 Å². The van der Waals surface area contributed by atoms with Gasteiger partial charge in [-0.25, -0.2) is 4.98 Å². The number of ether oxygens (including phenoxy) is 3. The Morgan fingerprint density at radius 2 is 1.67 bits per heavy atom. The van der Waals surface area contributed by atoms with Crippen molar-refractivity contribution in [2.24, 2.45) is 0 Å². The largest absolute Gasteiger partial charge is 0.493 e. The minimum atomic E-state index is -1.19. The van der Waals surface area contributed by atoms with Crippen molar-refractivity contribution in [2.45, 2.75) is 63.6 Å². The third kappa shape index (κ3) is 10.5. The summed E-state index contributed by atoms with van der Waals surface area (Å²) in [7, 11) is -1.19. The van der Waals surface area contributed by atoms with Crippen molar-refractivity contribution in [1.29, 1.82) is 0 Å². The van der Waals surface area contributed by atoms with E-state index in [4.69, 9.17) is 14.2 Å². The van der Waals surface area contributed by atoms with Gasteiger partial charge in [-0.2, -0.15) is 0 Å². The Balaban J connectivity index is 1.36. The van der Waals surface area contributed by atoms with Gasteiger partial charge in [-0.15, -0.1) is 0 Å². The Morgan fingerprint density at radius 1 is 0.889 bits per heavy atom. The fraction of sp³-hybridized carbons (Fsp3) is 0.351. The number of hydrogen-bond acceptors (Lipinski definition) is 6. The molecule has 4 aromatic rings. The molecular formula is C37H44N2O5S. The van der Waals surface area contributed by atoms with Gasteiger partial charge in [0.2, 0.25) is 0 Å². The van der Waals surface area contributed by atoms with E-state index in [0.29, 0.717) is 25.6 Å². The van der Waals surface area contributed by atoms with E-state index in [1.54, 1.807) is 18.6 Å². The van der Waals surface area contributed by atoms with Crippen molar-refractivity contribution in [2.75, 3.05) is 26.4 Å². The number of aromatic nitrogens is 2. The maximum atomic E-state index is 12.9. The molecule has 0 aliphatic rings. The Labute approximate surface area is 269 Å². The molecule has 45 heavy (non-hydrogen) atoms. The van der Waals surface area contributed by atoms with Gasteiger partial charge in [0.05, 0.1) is 41.8 Å². The lowest BCUT2D eigenvalue weighted by molar-refractivity contribution is -0.113. The van der Waals surface area contributed by atoms with E-state index in [2.05, 4.69) is 18.8 Å². The second-order valence-corrected chi connectivity index (χ2v) is 12.2. The summed E-state index contributed by atoms with van der Waals surface area (Å²) >= 11 is 0. The maximum absolute atomic E-state index is 12.9. The second kappa shape index (κ2) is 18.1. The maximum Gasteiger partial charge on any atom is 0.160 e. The average molecular weight is 629 g/mol. The number of ketones is 1. The molecule has 1 atom stereocenters. The van der Waals surface area contributed by atoms with Gasteiger partial charge in [-0.1, -0.05) is 50.6 Å². The normalized spacial score (nSPS) is 12.0. The molecule has 1 aromatic heterocycles. The molecule has 1 heterocycles. The zero-order valence-corrected chi connectivity index (χ0v) is 27.4. The van der Waals surface area contributed by atoms with E-state index in [1.807, 2.05) is 84.3 Å². The highest BCUT2D eigenvalue weighted by Crippen LogP contribution is 2.29. The number of hydrogen-bond donors (Lipinski definition) is 0. The molecular weight excluding hydrogens is 584 g/mol. The minimum absolute atomic E-state index is 0.0274. The summed E-state index contributed by atoms with van der Waals surface area (Å²) in [5.74, 6) is 1.91. The van der Waals surface area contributed by atoms with Gasteiger partial charge in [-0.05, 0) is 85.0 Å². The van der Waals surface area contributed by atoms with Crippen molar-refractivity contribution < 1.29 is 23.2 Å². The molecule has 0 fully saturated rings. The van der Waals surface area contributed by atoms with Crippen LogP contribution in [0.5, 0.6) is 11.5 Å². The van der Waals surface area contributed by atoms with Crippen molar-refractivity contribution in [3.63, 3.8) is 0 Å². The average Bonchev–Trinajstić information content (AvgIpc) is 3.49. The summed E-state index contributed by atoms with van der Waals surface area (Å²) in [4.78, 5) is 17.9. The van der Waals surface area contributed by atoms with E-state index in [0.717, 1.165) is 76.8 Å². The van der Waals surface area contributed by atoms with Crippen LogP contribution < -0.4 is 9.47 Å². The third-order valence-corrected chi connectivity index (χ3v) is 8.55. The predicted molar refractivity (Wildman–Crippen MR) is 181 cm³/mol. The van der Waals surface area contributed by atoms with Gasteiger partial charge in [-0.3, -0.25) is 9.00 Å². The molecule has 0 bridgehead atoms. The molecule has 7 nitrogen and oxygen atoms in total. The SMILES string of the molecule is CCCCOCCOc1ccc(-c2ccc(OCC)c(/C=C/C(=O)Cc3ccc([S@@](=O)Cc4cncn4CCC)cc3)c2)cc1. The Kier molecular flexibility index (Phi) is 13.6. The Hall–Kier alpha value is -4.01. The fourth-order valence-corrected chi connectivity index (χ4v) is 5.90. The van der Waals surface area contributed by atoms with Crippen LogP contribution in [0.3, 0.4) is 0 Å². The number of carbonyl (C=O) groups excluding carboxylic acids is 1. The van der Waals surface area contributed by atoms with Crippen LogP contribution in [-0.4, -0.2) is 46.0 Å². The summed E-state index contributed by atoms with van der Waals surface area (Å²) in [6, 6.07) is 21.4. The van der Waals surface area contributed by atoms with Crippen LogP contribution in [0.15, 0.2) is 90.2 Å². The van der Waals surface area contributed by atoms with Crippen LogP contribution in [0.4, 0.5) is 0 Å². The lowest BCUT2D eigenvalue weighted by Crippen LogP contribution is -2.07. The molecule has 0 aliphatic heterocycles. The van der Waals surface area contributed by atoms with Crippen molar-refractivity contribution in [3.05, 3.63) is 102 Å². The number of aryl methyl sites for hydroxylation is 1. The highest BCUT2D eigenvalue weighted by Gasteiger charge is 2.11. The van der Waals surface area contributed by atoms with Gasteiger partial charge in [0.15, 0.2) is 5.78 Å². The van der Waals surface area contributed by atoms with Crippen LogP contribution in [0, 0.1) is 0 Å². The summed E-state index contributed by atoms with van der Waals surface area (Å²) in [6.45, 7) is 9.44. The summed E-state index contributed by atoms with van der Waals surface area (Å²) in [6.07, 6.45) is 10.4. The van der Waals surface area contributed by atoms with E-state index in [1.165, 1.54) is 0 Å². The fourth-order valence-electron chi connectivity index (χ4n) is 4.79. The zero-order valence-electron chi connectivity index (χ0n) is 26.6. The van der Waals surface area contributed by atoms with Crippen LogP contribution >= 0.6 is 0 Å². The van der Waals surface area contributed by atoms with Crippen LogP contribution in [-0.2, 0) is 39.0 Å². The van der Waals surface area contributed by atoms with Crippen LogP contribution in [0.1, 0.15) is 56.9 Å². The smallest absolute Gasteiger partial charge is 0.160 e. The second-order valence-electron chi connectivity index (χ2n) is 10.7. The quantitative estimate of drug-likeness (QED) is 0.0783. The monoisotopic (exact) mass is 628 g/mol. The van der Waals surface area contributed by atoms with E-state index >= 15 is 0 Å². The summed E-state index contributed by atoms with van der Waals surface area (Å²) in [5, 5.41) is 0. The molecule has 3 aromatic carbocycles. The first-order valence-corrected chi connectivity index (χ1v) is 17.1. The van der Waals surface area contributed by atoms with Crippen molar-refractivity contribution in [1.82, 2.24) is 9.55 Å². The number of benzene rings is 3. The van der Waals surface area contributed by atoms with Gasteiger partial charge < -0.3 is 18.8 Å². The Bertz CT molecular complexity index is 1540. The lowest BCUT2D eigenvalue weighted by Gasteiger charge is -2.11. The molecule has 0 N–H and O–H groups in total. The van der Waals surface area contributed by atoms with Gasteiger partial charge in [0.1, 0.15) is 18.1 Å². The van der Waals surface area contributed by atoms with E-state index in [-0.39, 0.29) is 12.2 Å². The Morgan fingerprint density at radius 3 is 2.40 bits per heavy atom. The molecule has 0 spiro atoms. The standard InChI is InChI=1S/C37H44N2O5S/c1-4-7-21-42-22-23-44-35-15-11-30(12-16-35)31-13-19-37(43-6-3)32(25-31)10-14-34(40)24-29-8-17-36(18-9-29)45(41)27-33-26-38-28-39(33)20-5-2/h8-19,25-26,28H,4-7,20-24,27H2,1-3H3/b14-10+/t45-/m0/s1. The van der Waals surface area contributed by atoms with Gasteiger partial charge in [0, 0.05) is 36.2 Å². The molecule has 8 heteroatoms. The third-order valence-electron chi connectivity index (χ3n) is 7.19. The highest BCUT2D eigenvalue weighted by molar-refractivity contribution is 7.84. The van der Waals surface area contributed by atoms with E-state index < -0.39 is 10.8 Å². The molecule has 0 saturated carbocycles. The van der Waals surface area contributed by atoms with Gasteiger partial charge in [0.25, 0.3) is 0 Å². The first kappa shape index (κ1) is 33.9. The van der Waals surface area contributed by atoms with Crippen molar-refractivity contribution in [3.8, 4) is 22.6 Å². The number of nitrogens with zero attached hydrogens (tertiary/aromatic N) is 2. The zero-order chi connectivity index (χ0) is 31.9. The number of allylic oxidation sites excluding steroid dienone is 1.